The second-order valence-corrected chi connectivity index (χ2v) is 2.79. The van der Waals surface area contributed by atoms with Gasteiger partial charge < -0.3 is 20.3 Å². The predicted octanol–water partition coefficient (Wildman–Crippen LogP) is 1.43. The first-order valence-corrected chi connectivity index (χ1v) is 6.34. The number of rotatable bonds is 6. The van der Waals surface area contributed by atoms with Crippen molar-refractivity contribution in [3.05, 3.63) is 18.3 Å². The van der Waals surface area contributed by atoms with E-state index in [1.807, 2.05) is 27.7 Å². The van der Waals surface area contributed by atoms with E-state index in [2.05, 4.69) is 10.3 Å². The van der Waals surface area contributed by atoms with Gasteiger partial charge in [-0.2, -0.15) is 0 Å². The molecular weight excluding hydrogens is 248 g/mol. The minimum Gasteiger partial charge on any atom is -0.475 e. The normalized spacial score (nSPS) is 10.0. The summed E-state index contributed by atoms with van der Waals surface area (Å²) in [7, 11) is 0. The fourth-order valence-corrected chi connectivity index (χ4v) is 0.880. The molecular formula is C13H24N2O4. The van der Waals surface area contributed by atoms with Gasteiger partial charge in [0.1, 0.15) is 12.7 Å². The molecule has 1 rings (SSSR count). The van der Waals surface area contributed by atoms with E-state index in [-0.39, 0.29) is 19.1 Å². The largest absolute Gasteiger partial charge is 0.475 e. The van der Waals surface area contributed by atoms with Crippen LogP contribution in [0.5, 0.6) is 5.88 Å². The highest BCUT2D eigenvalue weighted by atomic mass is 16.5. The maximum absolute atomic E-state index is 10.2. The van der Waals surface area contributed by atoms with Crippen molar-refractivity contribution in [2.24, 2.45) is 0 Å². The summed E-state index contributed by atoms with van der Waals surface area (Å²) in [4.78, 5) is 14.0. The number of anilines is 1. The maximum Gasteiger partial charge on any atom is 0.215 e. The number of nitrogens with one attached hydrogen (secondary N) is 1. The minimum absolute atomic E-state index is 0.0476. The van der Waals surface area contributed by atoms with Crippen molar-refractivity contribution in [2.45, 2.75) is 33.8 Å². The molecule has 1 heterocycles. The number of aromatic nitrogens is 1. The Bertz CT molecular complexity index is 321. The van der Waals surface area contributed by atoms with Crippen molar-refractivity contribution in [2.75, 3.05) is 18.5 Å². The molecule has 0 fully saturated rings. The molecule has 0 saturated heterocycles. The third-order valence-corrected chi connectivity index (χ3v) is 1.59. The van der Waals surface area contributed by atoms with E-state index in [9.17, 15) is 4.79 Å². The van der Waals surface area contributed by atoms with Crippen LogP contribution in [0.4, 0.5) is 5.69 Å². The van der Waals surface area contributed by atoms with E-state index in [0.717, 1.165) is 0 Å². The van der Waals surface area contributed by atoms with Gasteiger partial charge in [0, 0.05) is 18.0 Å². The molecule has 0 bridgehead atoms. The van der Waals surface area contributed by atoms with E-state index in [4.69, 9.17) is 14.9 Å². The van der Waals surface area contributed by atoms with Crippen LogP contribution in [0.3, 0.4) is 0 Å². The van der Waals surface area contributed by atoms with E-state index in [0.29, 0.717) is 12.1 Å². The van der Waals surface area contributed by atoms with Crippen LogP contribution in [-0.2, 0) is 4.79 Å². The first-order valence-electron chi connectivity index (χ1n) is 6.34. The van der Waals surface area contributed by atoms with Gasteiger partial charge in [-0.25, -0.2) is 4.98 Å². The highest BCUT2D eigenvalue weighted by molar-refractivity contribution is 5.71. The fraction of sp³-hybridized carbons (Fsp3) is 0.538. The number of hydrogen-bond acceptors (Lipinski definition) is 5. The molecule has 0 saturated carbocycles. The topological polar surface area (TPSA) is 91.7 Å². The standard InChI is InChI=1S/C9H12N2O4.2C2H6/c12-4-8(14)5-15-9-3-7(11-6-13)1-2-10-9;2*1-2/h1-3,6,8,12,14H,4-5H2,(H,10,11,13);2*1-2H3. The van der Waals surface area contributed by atoms with E-state index in [1.165, 1.54) is 12.3 Å². The summed E-state index contributed by atoms with van der Waals surface area (Å²) >= 11 is 0. The number of ether oxygens (including phenoxy) is 1. The second-order valence-electron chi connectivity index (χ2n) is 2.79. The first-order chi connectivity index (χ1) is 9.26. The molecule has 0 spiro atoms. The van der Waals surface area contributed by atoms with Gasteiger partial charge >= 0.3 is 0 Å². The number of carbonyl (C=O) groups excluding carboxylic acids is 1. The zero-order chi connectivity index (χ0) is 15.1. The Morgan fingerprint density at radius 1 is 1.42 bits per heavy atom. The van der Waals surface area contributed by atoms with Crippen LogP contribution in [0.15, 0.2) is 18.3 Å². The van der Waals surface area contributed by atoms with Gasteiger partial charge in [-0.05, 0) is 6.07 Å². The summed E-state index contributed by atoms with van der Waals surface area (Å²) in [5.74, 6) is 0.273. The molecule has 0 aliphatic rings. The minimum atomic E-state index is -0.936. The van der Waals surface area contributed by atoms with Crippen LogP contribution in [-0.4, -0.2) is 40.9 Å². The highest BCUT2D eigenvalue weighted by Gasteiger charge is 2.04. The molecule has 19 heavy (non-hydrogen) atoms. The Morgan fingerprint density at radius 3 is 2.58 bits per heavy atom. The molecule has 0 radical (unpaired) electrons. The molecule has 1 atom stereocenters. The number of amides is 1. The first kappa shape index (κ1) is 19.7. The summed E-state index contributed by atoms with van der Waals surface area (Å²) in [6.45, 7) is 7.58. The smallest absolute Gasteiger partial charge is 0.215 e. The highest BCUT2D eigenvalue weighted by Crippen LogP contribution is 2.13. The Balaban J connectivity index is 0. The van der Waals surface area contributed by atoms with Crippen LogP contribution in [0.25, 0.3) is 0 Å². The lowest BCUT2D eigenvalue weighted by Gasteiger charge is -2.09. The zero-order valence-electron chi connectivity index (χ0n) is 12.0. The summed E-state index contributed by atoms with van der Waals surface area (Å²) in [5, 5.41) is 20.0. The van der Waals surface area contributed by atoms with Crippen LogP contribution in [0.1, 0.15) is 27.7 Å². The average molecular weight is 272 g/mol. The van der Waals surface area contributed by atoms with Crippen molar-refractivity contribution in [3.8, 4) is 5.88 Å². The third kappa shape index (κ3) is 9.99. The van der Waals surface area contributed by atoms with Gasteiger partial charge in [-0.15, -0.1) is 0 Å². The lowest BCUT2D eigenvalue weighted by Crippen LogP contribution is -2.21. The number of aliphatic hydroxyl groups is 2. The quantitative estimate of drug-likeness (QED) is 0.681. The second kappa shape index (κ2) is 14.4. The summed E-state index contributed by atoms with van der Waals surface area (Å²) in [5.41, 5.74) is 0.550. The number of carbonyl (C=O) groups is 1. The Kier molecular flexibility index (Phi) is 14.9. The zero-order valence-corrected chi connectivity index (χ0v) is 12.0. The molecule has 110 valence electrons. The molecule has 6 nitrogen and oxygen atoms in total. The third-order valence-electron chi connectivity index (χ3n) is 1.59. The molecule has 6 heteroatoms. The van der Waals surface area contributed by atoms with E-state index >= 15 is 0 Å². The molecule has 0 aromatic carbocycles. The molecule has 1 aromatic heterocycles. The monoisotopic (exact) mass is 272 g/mol. The predicted molar refractivity (Wildman–Crippen MR) is 75.2 cm³/mol. The maximum atomic E-state index is 10.2. The summed E-state index contributed by atoms with van der Waals surface area (Å²) in [6.07, 6.45) is 1.07. The lowest BCUT2D eigenvalue weighted by molar-refractivity contribution is -0.105. The van der Waals surface area contributed by atoms with Gasteiger partial charge in [-0.1, -0.05) is 27.7 Å². The molecule has 1 unspecified atom stereocenters. The van der Waals surface area contributed by atoms with Crippen molar-refractivity contribution in [1.82, 2.24) is 4.98 Å². The van der Waals surface area contributed by atoms with Gasteiger partial charge in [0.25, 0.3) is 0 Å². The van der Waals surface area contributed by atoms with Crippen LogP contribution < -0.4 is 10.1 Å². The van der Waals surface area contributed by atoms with E-state index in [1.54, 1.807) is 6.07 Å². The molecule has 0 aliphatic heterocycles. The van der Waals surface area contributed by atoms with Crippen molar-refractivity contribution < 1.29 is 19.7 Å². The lowest BCUT2D eigenvalue weighted by atomic mass is 10.4. The average Bonchev–Trinajstić information content (AvgIpc) is 2.49. The number of aliphatic hydroxyl groups excluding tert-OH is 2. The number of pyridine rings is 1. The van der Waals surface area contributed by atoms with Crippen molar-refractivity contribution in [3.63, 3.8) is 0 Å². The molecule has 1 amide bonds. The Morgan fingerprint density at radius 2 is 2.05 bits per heavy atom. The Hall–Kier alpha value is -1.66. The van der Waals surface area contributed by atoms with Gasteiger partial charge in [-0.3, -0.25) is 4.79 Å². The summed E-state index contributed by atoms with van der Waals surface area (Å²) in [6, 6.07) is 3.11. The van der Waals surface area contributed by atoms with Crippen LogP contribution in [0, 0.1) is 0 Å². The van der Waals surface area contributed by atoms with Crippen LogP contribution in [0.2, 0.25) is 0 Å². The van der Waals surface area contributed by atoms with E-state index < -0.39 is 6.10 Å². The van der Waals surface area contributed by atoms with Gasteiger partial charge in [0.15, 0.2) is 0 Å². The molecule has 3 N–H and O–H groups in total. The number of nitrogens with zero attached hydrogens (tertiary/aromatic N) is 1. The molecule has 0 aliphatic carbocycles. The van der Waals surface area contributed by atoms with Crippen molar-refractivity contribution in [1.29, 1.82) is 0 Å². The SMILES string of the molecule is CC.CC.O=CNc1ccnc(OCC(O)CO)c1. The van der Waals surface area contributed by atoms with Crippen molar-refractivity contribution >= 4 is 12.1 Å². The number of hydrogen-bond donors (Lipinski definition) is 3. The van der Waals surface area contributed by atoms with Gasteiger partial charge in [0.2, 0.25) is 12.3 Å². The fourth-order valence-electron chi connectivity index (χ4n) is 0.880. The van der Waals surface area contributed by atoms with Gasteiger partial charge in [0.05, 0.1) is 6.61 Å². The summed E-state index contributed by atoms with van der Waals surface area (Å²) < 4.78 is 5.07. The van der Waals surface area contributed by atoms with Crippen LogP contribution >= 0.6 is 0 Å². The Labute approximate surface area is 114 Å². The molecule has 1 aromatic rings.